The highest BCUT2D eigenvalue weighted by molar-refractivity contribution is 8.01. The van der Waals surface area contributed by atoms with E-state index in [0.717, 1.165) is 26.3 Å². The Hall–Kier alpha value is -1.27. The maximum Gasteiger partial charge on any atom is 0.151 e. The molecule has 0 amide bonds. The van der Waals surface area contributed by atoms with E-state index in [-0.39, 0.29) is 5.75 Å². The van der Waals surface area contributed by atoms with Crippen LogP contribution in [-0.4, -0.2) is 16.7 Å². The lowest BCUT2D eigenvalue weighted by Gasteiger charge is -1.96. The van der Waals surface area contributed by atoms with Gasteiger partial charge in [-0.05, 0) is 18.2 Å². The van der Waals surface area contributed by atoms with Crippen molar-refractivity contribution < 1.29 is 9.90 Å². The zero-order valence-electron chi connectivity index (χ0n) is 7.60. The number of aromatic nitrogens is 1. The van der Waals surface area contributed by atoms with Crippen molar-refractivity contribution in [1.29, 1.82) is 0 Å². The number of nitrogens with zero attached hydrogens (tertiary/aromatic N) is 1. The number of carboxylic acid groups (broad SMARTS) is 1. The van der Waals surface area contributed by atoms with Crippen molar-refractivity contribution in [2.45, 2.75) is 4.34 Å². The molecule has 0 saturated carbocycles. The number of thiazole rings is 1. The predicted molar refractivity (Wildman–Crippen MR) is 59.8 cm³/mol. The Morgan fingerprint density at radius 1 is 1.60 bits per heavy atom. The second-order valence-corrected chi connectivity index (χ2v) is 5.12. The SMILES string of the molecule is Nc1ccc2nc(SCC(=O)[O-])sc2c1. The Balaban J connectivity index is 2.27. The van der Waals surface area contributed by atoms with Crippen LogP contribution in [-0.2, 0) is 4.79 Å². The molecule has 15 heavy (non-hydrogen) atoms. The largest absolute Gasteiger partial charge is 0.549 e. The number of nitrogen functional groups attached to an aromatic ring is 1. The van der Waals surface area contributed by atoms with Gasteiger partial charge in [-0.2, -0.15) is 0 Å². The first-order chi connectivity index (χ1) is 7.15. The van der Waals surface area contributed by atoms with E-state index in [1.54, 1.807) is 6.07 Å². The molecule has 0 saturated heterocycles. The number of benzene rings is 1. The number of carboxylic acids is 1. The van der Waals surface area contributed by atoms with Crippen molar-refractivity contribution in [3.8, 4) is 0 Å². The quantitative estimate of drug-likeness (QED) is 0.630. The molecule has 6 heteroatoms. The van der Waals surface area contributed by atoms with E-state index in [1.165, 1.54) is 11.3 Å². The highest BCUT2D eigenvalue weighted by Gasteiger charge is 2.04. The third kappa shape index (κ3) is 2.40. The molecule has 0 aliphatic rings. The van der Waals surface area contributed by atoms with Crippen LogP contribution in [0.4, 0.5) is 5.69 Å². The second kappa shape index (κ2) is 4.08. The normalized spacial score (nSPS) is 10.7. The van der Waals surface area contributed by atoms with Crippen molar-refractivity contribution in [2.75, 3.05) is 11.5 Å². The van der Waals surface area contributed by atoms with E-state index in [4.69, 9.17) is 5.73 Å². The summed E-state index contributed by atoms with van der Waals surface area (Å²) >= 11 is 2.60. The summed E-state index contributed by atoms with van der Waals surface area (Å²) in [5.74, 6) is -1.16. The van der Waals surface area contributed by atoms with E-state index in [9.17, 15) is 9.90 Å². The van der Waals surface area contributed by atoms with Crippen LogP contribution in [0.15, 0.2) is 22.5 Å². The summed E-state index contributed by atoms with van der Waals surface area (Å²) in [4.78, 5) is 14.5. The Bertz CT molecular complexity index is 510. The number of anilines is 1. The van der Waals surface area contributed by atoms with Gasteiger partial charge in [-0.1, -0.05) is 11.8 Å². The first-order valence-corrected chi connectivity index (χ1v) is 5.94. The number of fused-ring (bicyclic) bond motifs is 1. The Morgan fingerprint density at radius 2 is 2.40 bits per heavy atom. The lowest BCUT2D eigenvalue weighted by molar-refractivity contribution is -0.301. The van der Waals surface area contributed by atoms with E-state index in [1.807, 2.05) is 12.1 Å². The molecule has 0 radical (unpaired) electrons. The van der Waals surface area contributed by atoms with Crippen LogP contribution in [0.3, 0.4) is 0 Å². The molecule has 0 aliphatic heterocycles. The zero-order valence-corrected chi connectivity index (χ0v) is 9.23. The van der Waals surface area contributed by atoms with E-state index in [2.05, 4.69) is 4.98 Å². The van der Waals surface area contributed by atoms with Gasteiger partial charge < -0.3 is 15.6 Å². The fourth-order valence-corrected chi connectivity index (χ4v) is 2.93. The van der Waals surface area contributed by atoms with Gasteiger partial charge in [-0.25, -0.2) is 4.98 Å². The monoisotopic (exact) mass is 239 g/mol. The van der Waals surface area contributed by atoms with Gasteiger partial charge in [-0.3, -0.25) is 0 Å². The molecule has 0 unspecified atom stereocenters. The molecular formula is C9H7N2O2S2-. The molecule has 1 aromatic carbocycles. The van der Waals surface area contributed by atoms with Gasteiger partial charge in [0.05, 0.1) is 16.2 Å². The van der Waals surface area contributed by atoms with Crippen molar-refractivity contribution >= 4 is 45.0 Å². The second-order valence-electron chi connectivity index (χ2n) is 2.87. The number of nitrogens with two attached hydrogens (primary N) is 1. The molecule has 0 fully saturated rings. The van der Waals surface area contributed by atoms with Gasteiger partial charge in [0, 0.05) is 11.4 Å². The molecule has 0 aliphatic carbocycles. The number of aliphatic carboxylic acids is 1. The van der Waals surface area contributed by atoms with Gasteiger partial charge in [0.1, 0.15) is 0 Å². The van der Waals surface area contributed by atoms with Crippen LogP contribution in [0.5, 0.6) is 0 Å². The number of thioether (sulfide) groups is 1. The summed E-state index contributed by atoms with van der Waals surface area (Å²) in [5.41, 5.74) is 7.15. The Kier molecular flexibility index (Phi) is 2.79. The van der Waals surface area contributed by atoms with Gasteiger partial charge in [-0.15, -0.1) is 11.3 Å². The Morgan fingerprint density at radius 3 is 3.13 bits per heavy atom. The third-order valence-corrected chi connectivity index (χ3v) is 3.84. The average Bonchev–Trinajstić information content (AvgIpc) is 2.56. The maximum absolute atomic E-state index is 10.3. The summed E-state index contributed by atoms with van der Waals surface area (Å²) < 4.78 is 1.69. The smallest absolute Gasteiger partial charge is 0.151 e. The topological polar surface area (TPSA) is 79.0 Å². The maximum atomic E-state index is 10.3. The van der Waals surface area contributed by atoms with E-state index < -0.39 is 5.97 Å². The van der Waals surface area contributed by atoms with Crippen molar-refractivity contribution in [1.82, 2.24) is 4.98 Å². The van der Waals surface area contributed by atoms with Gasteiger partial charge in [0.15, 0.2) is 4.34 Å². The highest BCUT2D eigenvalue weighted by Crippen LogP contribution is 2.30. The minimum atomic E-state index is -1.08. The molecule has 2 N–H and O–H groups in total. The van der Waals surface area contributed by atoms with Crippen LogP contribution >= 0.6 is 23.1 Å². The minimum absolute atomic E-state index is 0.0741. The van der Waals surface area contributed by atoms with Gasteiger partial charge in [0.25, 0.3) is 0 Å². The molecule has 1 heterocycles. The van der Waals surface area contributed by atoms with E-state index in [0.29, 0.717) is 5.69 Å². The average molecular weight is 239 g/mol. The third-order valence-electron chi connectivity index (χ3n) is 1.71. The van der Waals surface area contributed by atoms with Gasteiger partial charge >= 0.3 is 0 Å². The zero-order chi connectivity index (χ0) is 10.8. The first-order valence-electron chi connectivity index (χ1n) is 4.14. The molecule has 0 spiro atoms. The van der Waals surface area contributed by atoms with Crippen LogP contribution < -0.4 is 10.8 Å². The first kappa shape index (κ1) is 10.3. The molecule has 78 valence electrons. The van der Waals surface area contributed by atoms with Crippen LogP contribution in [0.1, 0.15) is 0 Å². The molecule has 4 nitrogen and oxygen atoms in total. The number of carbonyl (C=O) groups excluding carboxylic acids is 1. The number of carbonyl (C=O) groups is 1. The standard InChI is InChI=1S/C9H8N2O2S2/c10-5-1-2-6-7(3-5)15-9(11-6)14-4-8(12)13/h1-3H,4,10H2,(H,12,13)/p-1. The molecule has 2 aromatic rings. The Labute approximate surface area is 94.1 Å². The summed E-state index contributed by atoms with van der Waals surface area (Å²) in [7, 11) is 0. The lowest BCUT2D eigenvalue weighted by Crippen LogP contribution is -2.24. The van der Waals surface area contributed by atoms with Crippen LogP contribution in [0.2, 0.25) is 0 Å². The summed E-state index contributed by atoms with van der Waals surface area (Å²) in [6, 6.07) is 5.43. The summed E-state index contributed by atoms with van der Waals surface area (Å²) in [5, 5.41) is 10.3. The molecule has 1 aromatic heterocycles. The predicted octanol–water partition coefficient (Wildman–Crippen LogP) is 0.720. The molecule has 0 atom stereocenters. The fourth-order valence-electron chi connectivity index (χ4n) is 1.10. The minimum Gasteiger partial charge on any atom is -0.549 e. The summed E-state index contributed by atoms with van der Waals surface area (Å²) in [6.45, 7) is 0. The van der Waals surface area contributed by atoms with Crippen LogP contribution in [0, 0.1) is 0 Å². The summed E-state index contributed by atoms with van der Waals surface area (Å²) in [6.07, 6.45) is 0. The van der Waals surface area contributed by atoms with Crippen molar-refractivity contribution in [2.24, 2.45) is 0 Å². The van der Waals surface area contributed by atoms with Crippen LogP contribution in [0.25, 0.3) is 10.2 Å². The highest BCUT2D eigenvalue weighted by atomic mass is 32.2. The van der Waals surface area contributed by atoms with Crippen molar-refractivity contribution in [3.63, 3.8) is 0 Å². The molecular weight excluding hydrogens is 232 g/mol. The number of hydrogen-bond donors (Lipinski definition) is 1. The lowest BCUT2D eigenvalue weighted by atomic mass is 10.3. The van der Waals surface area contributed by atoms with Crippen molar-refractivity contribution in [3.05, 3.63) is 18.2 Å². The fraction of sp³-hybridized carbons (Fsp3) is 0.111. The molecule has 0 bridgehead atoms. The number of rotatable bonds is 3. The van der Waals surface area contributed by atoms with E-state index >= 15 is 0 Å². The van der Waals surface area contributed by atoms with Gasteiger partial charge in [0.2, 0.25) is 0 Å². The number of hydrogen-bond acceptors (Lipinski definition) is 6. The molecule has 2 rings (SSSR count).